The van der Waals surface area contributed by atoms with Gasteiger partial charge in [0.25, 0.3) is 0 Å². The smallest absolute Gasteiger partial charge is 0.119 e. The Morgan fingerprint density at radius 1 is 0.538 bits per heavy atom. The minimum atomic E-state index is 0.568. The first-order chi connectivity index (χ1) is 19.3. The minimum absolute atomic E-state index is 0.568. The van der Waals surface area contributed by atoms with Crippen molar-refractivity contribution in [1.29, 1.82) is 0 Å². The molecule has 0 amide bonds. The molecule has 1 aromatic heterocycles. The van der Waals surface area contributed by atoms with Crippen molar-refractivity contribution in [2.75, 3.05) is 6.61 Å². The molecule has 5 rings (SSSR count). The van der Waals surface area contributed by atoms with Crippen LogP contribution >= 0.6 is 0 Å². The van der Waals surface area contributed by atoms with E-state index >= 15 is 0 Å². The predicted octanol–water partition coefficient (Wildman–Crippen LogP) is 9.21. The Kier molecular flexibility index (Phi) is 9.14. The number of benzene rings is 4. The number of hydrogen-bond acceptors (Lipinski definition) is 2. The van der Waals surface area contributed by atoms with E-state index in [9.17, 15) is 0 Å². The Morgan fingerprint density at radius 2 is 1.15 bits per heavy atom. The monoisotopic (exact) mass is 515 g/mol. The Balaban J connectivity index is 1.12. The van der Waals surface area contributed by atoms with Crippen LogP contribution in [0.3, 0.4) is 0 Å². The standard InChI is InChI=1S/C36H37NO2/c1-29-17-26-36(32-18-22-35(23-19-32)39-28-31-15-9-5-10-16-31)37(29)33-20-24-34(25-21-33)38-27-11-3-2-6-12-30-13-7-4-8-14-30/h4-5,7-10,13-26H,2-3,6,11-12,27-28H2,1H3. The van der Waals surface area contributed by atoms with E-state index in [1.165, 1.54) is 30.5 Å². The van der Waals surface area contributed by atoms with Gasteiger partial charge in [0.1, 0.15) is 18.1 Å². The molecule has 0 saturated carbocycles. The van der Waals surface area contributed by atoms with Crippen LogP contribution in [0.1, 0.15) is 42.5 Å². The zero-order chi connectivity index (χ0) is 26.7. The van der Waals surface area contributed by atoms with Crippen LogP contribution < -0.4 is 9.47 Å². The predicted molar refractivity (Wildman–Crippen MR) is 161 cm³/mol. The highest BCUT2D eigenvalue weighted by molar-refractivity contribution is 5.65. The largest absolute Gasteiger partial charge is 0.494 e. The Labute approximate surface area is 232 Å². The summed E-state index contributed by atoms with van der Waals surface area (Å²) in [5.41, 5.74) is 7.23. The summed E-state index contributed by atoms with van der Waals surface area (Å²) in [6, 6.07) is 42.1. The van der Waals surface area contributed by atoms with Crippen LogP contribution in [-0.4, -0.2) is 11.2 Å². The Hall–Kier alpha value is -4.24. The van der Waals surface area contributed by atoms with Gasteiger partial charge in [0, 0.05) is 11.4 Å². The maximum absolute atomic E-state index is 6.03. The molecule has 1 heterocycles. The number of nitrogens with zero attached hydrogens (tertiary/aromatic N) is 1. The second kappa shape index (κ2) is 13.5. The highest BCUT2D eigenvalue weighted by atomic mass is 16.5. The second-order valence-corrected chi connectivity index (χ2v) is 9.99. The number of ether oxygens (including phenoxy) is 2. The molecule has 198 valence electrons. The quantitative estimate of drug-likeness (QED) is 0.146. The summed E-state index contributed by atoms with van der Waals surface area (Å²) >= 11 is 0. The molecular weight excluding hydrogens is 478 g/mol. The molecule has 4 aromatic carbocycles. The van der Waals surface area contributed by atoms with Crippen LogP contribution in [0.4, 0.5) is 0 Å². The molecule has 0 atom stereocenters. The van der Waals surface area contributed by atoms with E-state index in [0.717, 1.165) is 53.5 Å². The number of rotatable bonds is 13. The van der Waals surface area contributed by atoms with Gasteiger partial charge in [-0.3, -0.25) is 0 Å². The molecule has 39 heavy (non-hydrogen) atoms. The normalized spacial score (nSPS) is 10.9. The van der Waals surface area contributed by atoms with Crippen LogP contribution in [0.25, 0.3) is 16.9 Å². The molecule has 3 heteroatoms. The maximum Gasteiger partial charge on any atom is 0.119 e. The summed E-state index contributed by atoms with van der Waals surface area (Å²) in [4.78, 5) is 0. The van der Waals surface area contributed by atoms with Crippen molar-refractivity contribution in [1.82, 2.24) is 4.57 Å². The van der Waals surface area contributed by atoms with E-state index in [2.05, 4.69) is 102 Å². The van der Waals surface area contributed by atoms with E-state index in [1.54, 1.807) is 0 Å². The van der Waals surface area contributed by atoms with Gasteiger partial charge in [-0.05, 0) is 104 Å². The van der Waals surface area contributed by atoms with Crippen molar-refractivity contribution < 1.29 is 9.47 Å². The first-order valence-corrected chi connectivity index (χ1v) is 14.0. The molecule has 3 nitrogen and oxygen atoms in total. The zero-order valence-corrected chi connectivity index (χ0v) is 22.8. The van der Waals surface area contributed by atoms with Crippen molar-refractivity contribution >= 4 is 0 Å². The van der Waals surface area contributed by atoms with Gasteiger partial charge in [-0.1, -0.05) is 73.5 Å². The highest BCUT2D eigenvalue weighted by Crippen LogP contribution is 2.29. The molecular formula is C36H37NO2. The molecule has 0 bridgehead atoms. The fraction of sp³-hybridized carbons (Fsp3) is 0.222. The molecule has 0 radical (unpaired) electrons. The summed E-state index contributed by atoms with van der Waals surface area (Å²) in [7, 11) is 0. The lowest BCUT2D eigenvalue weighted by molar-refractivity contribution is 0.304. The average Bonchev–Trinajstić information content (AvgIpc) is 3.38. The molecule has 5 aromatic rings. The molecule has 0 aliphatic heterocycles. The lowest BCUT2D eigenvalue weighted by Gasteiger charge is -2.14. The second-order valence-electron chi connectivity index (χ2n) is 9.99. The SMILES string of the molecule is Cc1ccc(-c2ccc(OCc3ccccc3)cc2)n1-c1ccc(OCCCCCCc2ccccc2)cc1. The summed E-state index contributed by atoms with van der Waals surface area (Å²) in [6.07, 6.45) is 5.93. The fourth-order valence-electron chi connectivity index (χ4n) is 4.88. The zero-order valence-electron chi connectivity index (χ0n) is 22.8. The van der Waals surface area contributed by atoms with Crippen LogP contribution in [0.15, 0.2) is 121 Å². The van der Waals surface area contributed by atoms with Crippen molar-refractivity contribution in [3.8, 4) is 28.4 Å². The van der Waals surface area contributed by atoms with Crippen molar-refractivity contribution in [3.63, 3.8) is 0 Å². The van der Waals surface area contributed by atoms with Gasteiger partial charge < -0.3 is 14.0 Å². The van der Waals surface area contributed by atoms with E-state index in [0.29, 0.717) is 6.61 Å². The average molecular weight is 516 g/mol. The summed E-state index contributed by atoms with van der Waals surface area (Å²) in [5, 5.41) is 0. The minimum Gasteiger partial charge on any atom is -0.494 e. The molecule has 0 aliphatic rings. The molecule has 0 saturated heterocycles. The lowest BCUT2D eigenvalue weighted by atomic mass is 10.1. The van der Waals surface area contributed by atoms with Crippen molar-refractivity contribution in [3.05, 3.63) is 138 Å². The summed E-state index contributed by atoms with van der Waals surface area (Å²) in [6.45, 7) is 3.47. The van der Waals surface area contributed by atoms with Crippen LogP contribution in [0.5, 0.6) is 11.5 Å². The van der Waals surface area contributed by atoms with Gasteiger partial charge in [-0.25, -0.2) is 0 Å². The third-order valence-corrected chi connectivity index (χ3v) is 7.04. The van der Waals surface area contributed by atoms with Crippen LogP contribution in [0, 0.1) is 6.92 Å². The third kappa shape index (κ3) is 7.42. The summed E-state index contributed by atoms with van der Waals surface area (Å²) in [5.74, 6) is 1.80. The van der Waals surface area contributed by atoms with Gasteiger partial charge >= 0.3 is 0 Å². The van der Waals surface area contributed by atoms with Crippen molar-refractivity contribution in [2.45, 2.75) is 45.6 Å². The van der Waals surface area contributed by atoms with Gasteiger partial charge in [0.15, 0.2) is 0 Å². The maximum atomic E-state index is 6.03. The van der Waals surface area contributed by atoms with E-state index in [-0.39, 0.29) is 0 Å². The first-order valence-electron chi connectivity index (χ1n) is 14.0. The Morgan fingerprint density at radius 3 is 1.87 bits per heavy atom. The molecule has 0 N–H and O–H groups in total. The van der Waals surface area contributed by atoms with Gasteiger partial charge in [0.2, 0.25) is 0 Å². The topological polar surface area (TPSA) is 23.4 Å². The highest BCUT2D eigenvalue weighted by Gasteiger charge is 2.10. The third-order valence-electron chi connectivity index (χ3n) is 7.04. The molecule has 0 spiro atoms. The van der Waals surface area contributed by atoms with Gasteiger partial charge in [0.05, 0.1) is 12.3 Å². The number of unbranched alkanes of at least 4 members (excludes halogenated alkanes) is 3. The van der Waals surface area contributed by atoms with E-state index < -0.39 is 0 Å². The summed E-state index contributed by atoms with van der Waals surface area (Å²) < 4.78 is 14.3. The Bertz CT molecular complexity index is 1410. The lowest BCUT2D eigenvalue weighted by Crippen LogP contribution is -2.01. The van der Waals surface area contributed by atoms with E-state index in [4.69, 9.17) is 9.47 Å². The van der Waals surface area contributed by atoms with Crippen LogP contribution in [0.2, 0.25) is 0 Å². The van der Waals surface area contributed by atoms with Gasteiger partial charge in [-0.15, -0.1) is 0 Å². The van der Waals surface area contributed by atoms with Crippen molar-refractivity contribution in [2.24, 2.45) is 0 Å². The fourth-order valence-corrected chi connectivity index (χ4v) is 4.88. The number of aryl methyl sites for hydroxylation is 2. The van der Waals surface area contributed by atoms with Crippen LogP contribution in [-0.2, 0) is 13.0 Å². The molecule has 0 fully saturated rings. The first kappa shape index (κ1) is 26.4. The molecule has 0 aliphatic carbocycles. The van der Waals surface area contributed by atoms with E-state index in [1.807, 2.05) is 30.3 Å². The number of aromatic nitrogens is 1. The van der Waals surface area contributed by atoms with Gasteiger partial charge in [-0.2, -0.15) is 0 Å². The molecule has 0 unspecified atom stereocenters. The number of hydrogen-bond donors (Lipinski definition) is 0.